The van der Waals surface area contributed by atoms with Gasteiger partial charge in [0.1, 0.15) is 5.82 Å². The van der Waals surface area contributed by atoms with E-state index < -0.39 is 17.6 Å². The maximum absolute atomic E-state index is 12.5. The highest BCUT2D eigenvalue weighted by molar-refractivity contribution is 5.81. The van der Waals surface area contributed by atoms with Crippen LogP contribution in [0, 0.1) is 5.82 Å². The highest BCUT2D eigenvalue weighted by atomic mass is 19.4. The Morgan fingerprint density at radius 2 is 1.93 bits per heavy atom. The van der Waals surface area contributed by atoms with E-state index in [1.165, 1.54) is 0 Å². The second-order valence-corrected chi connectivity index (χ2v) is 2.47. The summed E-state index contributed by atoms with van der Waals surface area (Å²) in [4.78, 5) is 0. The summed E-state index contributed by atoms with van der Waals surface area (Å²) in [6.07, 6.45) is -4.07. The van der Waals surface area contributed by atoms with Crippen molar-refractivity contribution in [1.29, 1.82) is 0 Å². The molecule has 0 saturated heterocycles. The molecule has 0 fully saturated rings. The van der Waals surface area contributed by atoms with E-state index in [0.717, 1.165) is 12.1 Å². The van der Waals surface area contributed by atoms with Gasteiger partial charge in [0.15, 0.2) is 0 Å². The first kappa shape index (κ1) is 10.5. The van der Waals surface area contributed by atoms with E-state index in [1.54, 1.807) is 0 Å². The second kappa shape index (κ2) is 3.65. The number of nitrogens with zero attached hydrogens (tertiary/aromatic N) is 1. The average molecular weight is 207 g/mol. The van der Waals surface area contributed by atoms with E-state index in [2.05, 4.69) is 5.16 Å². The standard InChI is InChI=1S/C8H5F4NO/c9-6-2-1-5(4-13-14)7(3-6)8(10,11)12/h1-4,14H. The molecule has 1 aromatic carbocycles. The number of benzene rings is 1. The van der Waals surface area contributed by atoms with Crippen LogP contribution in [-0.4, -0.2) is 11.4 Å². The number of alkyl halides is 3. The summed E-state index contributed by atoms with van der Waals surface area (Å²) in [7, 11) is 0. The van der Waals surface area contributed by atoms with Gasteiger partial charge in [-0.15, -0.1) is 0 Å². The minimum atomic E-state index is -4.67. The zero-order chi connectivity index (χ0) is 10.8. The van der Waals surface area contributed by atoms with Crippen molar-refractivity contribution in [2.24, 2.45) is 5.16 Å². The Hall–Kier alpha value is -1.59. The van der Waals surface area contributed by atoms with E-state index >= 15 is 0 Å². The Bertz CT molecular complexity index is 359. The molecule has 0 heterocycles. The molecule has 0 spiro atoms. The molecule has 0 aliphatic heterocycles. The molecule has 0 amide bonds. The van der Waals surface area contributed by atoms with Crippen molar-refractivity contribution in [3.8, 4) is 0 Å². The number of halogens is 4. The molecule has 1 N–H and O–H groups in total. The smallest absolute Gasteiger partial charge is 0.411 e. The van der Waals surface area contributed by atoms with Crippen LogP contribution >= 0.6 is 0 Å². The first-order valence-corrected chi connectivity index (χ1v) is 3.49. The van der Waals surface area contributed by atoms with Gasteiger partial charge in [0.2, 0.25) is 0 Å². The van der Waals surface area contributed by atoms with Gasteiger partial charge in [-0.3, -0.25) is 0 Å². The first-order chi connectivity index (χ1) is 6.45. The predicted molar refractivity (Wildman–Crippen MR) is 40.8 cm³/mol. The summed E-state index contributed by atoms with van der Waals surface area (Å²) in [5, 5.41) is 10.5. The molecule has 0 bridgehead atoms. The van der Waals surface area contributed by atoms with Crippen LogP contribution in [0.3, 0.4) is 0 Å². The summed E-state index contributed by atoms with van der Waals surface area (Å²) >= 11 is 0. The van der Waals surface area contributed by atoms with Crippen LogP contribution in [0.5, 0.6) is 0 Å². The molecule has 76 valence electrons. The minimum absolute atomic E-state index is 0.344. The largest absolute Gasteiger partial charge is 0.417 e. The maximum Gasteiger partial charge on any atom is 0.417 e. The third kappa shape index (κ3) is 2.21. The number of hydrogen-bond donors (Lipinski definition) is 1. The predicted octanol–water partition coefficient (Wildman–Crippen LogP) is 2.65. The summed E-state index contributed by atoms with van der Waals surface area (Å²) in [5.41, 5.74) is -1.56. The van der Waals surface area contributed by atoms with Crippen molar-refractivity contribution in [3.63, 3.8) is 0 Å². The first-order valence-electron chi connectivity index (χ1n) is 3.49. The molecule has 0 aliphatic carbocycles. The lowest BCUT2D eigenvalue weighted by molar-refractivity contribution is -0.137. The molecule has 6 heteroatoms. The summed E-state index contributed by atoms with van der Waals surface area (Å²) < 4.78 is 49.2. The van der Waals surface area contributed by atoms with Gasteiger partial charge >= 0.3 is 6.18 Å². The fourth-order valence-corrected chi connectivity index (χ4v) is 0.949. The molecule has 0 aliphatic rings. The maximum atomic E-state index is 12.5. The second-order valence-electron chi connectivity index (χ2n) is 2.47. The lowest BCUT2D eigenvalue weighted by atomic mass is 10.1. The van der Waals surface area contributed by atoms with E-state index in [0.29, 0.717) is 12.3 Å². The third-order valence-electron chi connectivity index (χ3n) is 1.52. The molecular weight excluding hydrogens is 202 g/mol. The van der Waals surface area contributed by atoms with Crippen LogP contribution < -0.4 is 0 Å². The van der Waals surface area contributed by atoms with Crippen LogP contribution in [0.25, 0.3) is 0 Å². The van der Waals surface area contributed by atoms with Crippen molar-refractivity contribution >= 4 is 6.21 Å². The van der Waals surface area contributed by atoms with E-state index in [9.17, 15) is 17.6 Å². The fraction of sp³-hybridized carbons (Fsp3) is 0.125. The van der Waals surface area contributed by atoms with Gasteiger partial charge < -0.3 is 5.21 Å². The average Bonchev–Trinajstić information content (AvgIpc) is 2.07. The van der Waals surface area contributed by atoms with Gasteiger partial charge in [0.25, 0.3) is 0 Å². The Morgan fingerprint density at radius 1 is 1.29 bits per heavy atom. The zero-order valence-electron chi connectivity index (χ0n) is 6.72. The molecular formula is C8H5F4NO. The van der Waals surface area contributed by atoms with Crippen LogP contribution in [0.4, 0.5) is 17.6 Å². The fourth-order valence-electron chi connectivity index (χ4n) is 0.949. The Balaban J connectivity index is 3.30. The Kier molecular flexibility index (Phi) is 2.73. The van der Waals surface area contributed by atoms with Crippen molar-refractivity contribution in [2.75, 3.05) is 0 Å². The van der Waals surface area contributed by atoms with Gasteiger partial charge in [0, 0.05) is 5.56 Å². The lowest BCUT2D eigenvalue weighted by Gasteiger charge is -2.09. The quantitative estimate of drug-likeness (QED) is 0.326. The molecule has 14 heavy (non-hydrogen) atoms. The summed E-state index contributed by atoms with van der Waals surface area (Å²) in [6, 6.07) is 2.08. The van der Waals surface area contributed by atoms with Crippen molar-refractivity contribution in [3.05, 3.63) is 35.1 Å². The Morgan fingerprint density at radius 3 is 2.43 bits per heavy atom. The van der Waals surface area contributed by atoms with Gasteiger partial charge in [-0.2, -0.15) is 13.2 Å². The van der Waals surface area contributed by atoms with Crippen LogP contribution in [0.1, 0.15) is 11.1 Å². The third-order valence-corrected chi connectivity index (χ3v) is 1.52. The van der Waals surface area contributed by atoms with Crippen LogP contribution in [0.2, 0.25) is 0 Å². The van der Waals surface area contributed by atoms with Gasteiger partial charge in [-0.25, -0.2) is 4.39 Å². The van der Waals surface area contributed by atoms with Crippen LogP contribution in [-0.2, 0) is 6.18 Å². The van der Waals surface area contributed by atoms with Crippen molar-refractivity contribution < 1.29 is 22.8 Å². The zero-order valence-corrected chi connectivity index (χ0v) is 6.72. The summed E-state index contributed by atoms with van der Waals surface area (Å²) in [6.45, 7) is 0. The van der Waals surface area contributed by atoms with Gasteiger partial charge in [-0.05, 0) is 18.2 Å². The summed E-state index contributed by atoms with van der Waals surface area (Å²) in [5.74, 6) is -0.993. The van der Waals surface area contributed by atoms with Gasteiger partial charge in [-0.1, -0.05) is 5.16 Å². The van der Waals surface area contributed by atoms with E-state index in [1.807, 2.05) is 0 Å². The highest BCUT2D eigenvalue weighted by Crippen LogP contribution is 2.31. The number of hydrogen-bond acceptors (Lipinski definition) is 2. The van der Waals surface area contributed by atoms with Crippen LogP contribution in [0.15, 0.2) is 23.4 Å². The van der Waals surface area contributed by atoms with Crippen molar-refractivity contribution in [1.82, 2.24) is 0 Å². The Labute approximate surface area is 76.5 Å². The lowest BCUT2D eigenvalue weighted by Crippen LogP contribution is -2.09. The molecule has 0 saturated carbocycles. The highest BCUT2D eigenvalue weighted by Gasteiger charge is 2.33. The normalized spacial score (nSPS) is 12.3. The number of oxime groups is 1. The van der Waals surface area contributed by atoms with Crippen molar-refractivity contribution in [2.45, 2.75) is 6.18 Å². The molecule has 1 rings (SSSR count). The molecule has 1 aromatic rings. The molecule has 0 atom stereocenters. The monoisotopic (exact) mass is 207 g/mol. The van der Waals surface area contributed by atoms with Gasteiger partial charge in [0.05, 0.1) is 11.8 Å². The SMILES string of the molecule is ON=Cc1ccc(F)cc1C(F)(F)F. The molecule has 2 nitrogen and oxygen atoms in total. The minimum Gasteiger partial charge on any atom is -0.411 e. The van der Waals surface area contributed by atoms with E-state index in [4.69, 9.17) is 5.21 Å². The molecule has 0 aromatic heterocycles. The number of rotatable bonds is 1. The molecule has 0 radical (unpaired) electrons. The topological polar surface area (TPSA) is 32.6 Å². The molecule has 0 unspecified atom stereocenters. The van der Waals surface area contributed by atoms with E-state index in [-0.39, 0.29) is 5.56 Å².